The van der Waals surface area contributed by atoms with E-state index in [0.29, 0.717) is 31.1 Å². The summed E-state index contributed by atoms with van der Waals surface area (Å²) in [5.74, 6) is 0.134. The molecule has 8 heteroatoms. The molecule has 4 rings (SSSR count). The molecule has 1 saturated heterocycles. The van der Waals surface area contributed by atoms with E-state index in [1.165, 1.54) is 0 Å². The first-order chi connectivity index (χ1) is 13.2. The molecule has 2 fully saturated rings. The molecule has 3 heterocycles. The monoisotopic (exact) mass is 395 g/mol. The molecule has 0 spiro atoms. The standard InChI is InChI=1S/C20H24F3N3O2/c1-10(2)15-8-14(20(21,22)23)16-17(25-28-18(16)24-15)12-5-4-6-26(9-12)19(27)13-7-11(13)3/h8,10-13H,4-7,9H2,1-3H3/t11-,12+,13+/m0/s1. The number of carbonyl (C=O) groups is 1. The van der Waals surface area contributed by atoms with Gasteiger partial charge in [0.15, 0.2) is 0 Å². The van der Waals surface area contributed by atoms with Crippen LogP contribution < -0.4 is 0 Å². The Morgan fingerprint density at radius 2 is 2.07 bits per heavy atom. The Labute approximate surface area is 161 Å². The van der Waals surface area contributed by atoms with Gasteiger partial charge < -0.3 is 9.42 Å². The van der Waals surface area contributed by atoms with Gasteiger partial charge in [0.05, 0.1) is 16.6 Å². The maximum Gasteiger partial charge on any atom is 0.417 e. The van der Waals surface area contributed by atoms with E-state index in [9.17, 15) is 18.0 Å². The fourth-order valence-corrected chi connectivity index (χ4v) is 4.09. The van der Waals surface area contributed by atoms with E-state index in [1.54, 1.807) is 18.7 Å². The van der Waals surface area contributed by atoms with Crippen LogP contribution in [0.15, 0.2) is 10.6 Å². The predicted octanol–water partition coefficient (Wildman–Crippen LogP) is 4.73. The average molecular weight is 395 g/mol. The summed E-state index contributed by atoms with van der Waals surface area (Å²) in [6.07, 6.45) is -2.22. The SMILES string of the molecule is CC(C)c1cc(C(F)(F)F)c2c([C@@H]3CCCN(C(=O)[C@@H]4C[C@@H]4C)C3)noc2n1. The molecule has 0 aromatic carbocycles. The summed E-state index contributed by atoms with van der Waals surface area (Å²) >= 11 is 0. The molecule has 1 saturated carbocycles. The fraction of sp³-hybridized carbons (Fsp3) is 0.650. The maximum absolute atomic E-state index is 13.8. The highest BCUT2D eigenvalue weighted by Gasteiger charge is 2.43. The maximum atomic E-state index is 13.8. The van der Waals surface area contributed by atoms with Gasteiger partial charge in [0, 0.05) is 30.6 Å². The van der Waals surface area contributed by atoms with E-state index >= 15 is 0 Å². The predicted molar refractivity (Wildman–Crippen MR) is 96.7 cm³/mol. The summed E-state index contributed by atoms with van der Waals surface area (Å²) in [6, 6.07) is 1.10. The summed E-state index contributed by atoms with van der Waals surface area (Å²) in [7, 11) is 0. The first-order valence-corrected chi connectivity index (χ1v) is 9.83. The number of aromatic nitrogens is 2. The number of carbonyl (C=O) groups excluding carboxylic acids is 1. The zero-order chi connectivity index (χ0) is 20.2. The van der Waals surface area contributed by atoms with E-state index in [0.717, 1.165) is 18.9 Å². The second kappa shape index (κ2) is 6.74. The van der Waals surface area contributed by atoms with Crippen LogP contribution in [0.25, 0.3) is 11.1 Å². The van der Waals surface area contributed by atoms with Gasteiger partial charge in [0.25, 0.3) is 5.71 Å². The molecule has 1 aliphatic heterocycles. The van der Waals surface area contributed by atoms with Crippen LogP contribution in [0.2, 0.25) is 0 Å². The van der Waals surface area contributed by atoms with Gasteiger partial charge >= 0.3 is 6.18 Å². The van der Waals surface area contributed by atoms with Crippen molar-refractivity contribution in [2.75, 3.05) is 13.1 Å². The van der Waals surface area contributed by atoms with E-state index < -0.39 is 11.7 Å². The number of pyridine rings is 1. The van der Waals surface area contributed by atoms with Crippen LogP contribution in [0.5, 0.6) is 0 Å². The normalized spacial score (nSPS) is 25.5. The molecule has 1 amide bonds. The van der Waals surface area contributed by atoms with Crippen LogP contribution in [-0.4, -0.2) is 34.0 Å². The van der Waals surface area contributed by atoms with Crippen molar-refractivity contribution in [2.45, 2.75) is 58.0 Å². The molecule has 3 atom stereocenters. The van der Waals surface area contributed by atoms with Crippen LogP contribution in [-0.2, 0) is 11.0 Å². The number of likely N-dealkylation sites (tertiary alicyclic amines) is 1. The molecule has 5 nitrogen and oxygen atoms in total. The molecule has 0 N–H and O–H groups in total. The third kappa shape index (κ3) is 3.37. The van der Waals surface area contributed by atoms with Crippen molar-refractivity contribution in [3.63, 3.8) is 0 Å². The molecule has 0 unspecified atom stereocenters. The van der Waals surface area contributed by atoms with Crippen molar-refractivity contribution in [3.8, 4) is 0 Å². The smallest absolute Gasteiger partial charge is 0.342 e. The van der Waals surface area contributed by atoms with Gasteiger partial charge in [0.1, 0.15) is 0 Å². The van der Waals surface area contributed by atoms with Crippen molar-refractivity contribution < 1.29 is 22.5 Å². The number of piperidine rings is 1. The van der Waals surface area contributed by atoms with E-state index in [1.807, 2.05) is 6.92 Å². The van der Waals surface area contributed by atoms with Crippen LogP contribution in [0.3, 0.4) is 0 Å². The first-order valence-electron chi connectivity index (χ1n) is 9.83. The quantitative estimate of drug-likeness (QED) is 0.754. The van der Waals surface area contributed by atoms with Crippen molar-refractivity contribution in [1.82, 2.24) is 15.0 Å². The number of amides is 1. The number of hydrogen-bond donors (Lipinski definition) is 0. The highest BCUT2D eigenvalue weighted by Crippen LogP contribution is 2.43. The molecule has 28 heavy (non-hydrogen) atoms. The topological polar surface area (TPSA) is 59.2 Å². The first kappa shape index (κ1) is 19.2. The number of fused-ring (bicyclic) bond motifs is 1. The van der Waals surface area contributed by atoms with Gasteiger partial charge in [-0.3, -0.25) is 4.79 Å². The van der Waals surface area contributed by atoms with E-state index in [-0.39, 0.29) is 40.5 Å². The Kier molecular flexibility index (Phi) is 4.62. The highest BCUT2D eigenvalue weighted by atomic mass is 19.4. The molecule has 0 radical (unpaired) electrons. The van der Waals surface area contributed by atoms with Gasteiger partial charge in [-0.1, -0.05) is 25.9 Å². The Morgan fingerprint density at radius 3 is 2.68 bits per heavy atom. The number of nitrogens with zero attached hydrogens (tertiary/aromatic N) is 3. The van der Waals surface area contributed by atoms with Crippen LogP contribution in [0, 0.1) is 11.8 Å². The minimum atomic E-state index is -4.53. The minimum absolute atomic E-state index is 0.0593. The summed E-state index contributed by atoms with van der Waals surface area (Å²) < 4.78 is 46.6. The molecular weight excluding hydrogens is 371 g/mol. The third-order valence-electron chi connectivity index (χ3n) is 5.94. The molecule has 152 valence electrons. The summed E-state index contributed by atoms with van der Waals surface area (Å²) in [5, 5.41) is 3.93. The third-order valence-corrected chi connectivity index (χ3v) is 5.94. The molecule has 2 aliphatic rings. The summed E-state index contributed by atoms with van der Waals surface area (Å²) in [6.45, 7) is 6.65. The fourth-order valence-electron chi connectivity index (χ4n) is 4.09. The lowest BCUT2D eigenvalue weighted by Crippen LogP contribution is -2.40. The largest absolute Gasteiger partial charge is 0.417 e. The molecule has 2 aromatic heterocycles. The van der Waals surface area contributed by atoms with Gasteiger partial charge in [-0.2, -0.15) is 13.2 Å². The second-order valence-electron chi connectivity index (χ2n) is 8.44. The highest BCUT2D eigenvalue weighted by molar-refractivity contribution is 5.83. The number of rotatable bonds is 3. The average Bonchev–Trinajstić information content (AvgIpc) is 3.22. The number of hydrogen-bond acceptors (Lipinski definition) is 4. The van der Waals surface area contributed by atoms with Crippen LogP contribution >= 0.6 is 0 Å². The van der Waals surface area contributed by atoms with E-state index in [4.69, 9.17) is 4.52 Å². The summed E-state index contributed by atoms with van der Waals surface area (Å²) in [4.78, 5) is 18.6. The molecule has 2 aromatic rings. The summed E-state index contributed by atoms with van der Waals surface area (Å²) in [5.41, 5.74) is -0.235. The van der Waals surface area contributed by atoms with Gasteiger partial charge in [-0.05, 0) is 37.2 Å². The van der Waals surface area contributed by atoms with Gasteiger partial charge in [-0.15, -0.1) is 0 Å². The lowest BCUT2D eigenvalue weighted by molar-refractivity contribution is -0.136. The zero-order valence-corrected chi connectivity index (χ0v) is 16.2. The molecular formula is C20H24F3N3O2. The molecule has 1 aliphatic carbocycles. The zero-order valence-electron chi connectivity index (χ0n) is 16.2. The molecule has 0 bridgehead atoms. The van der Waals surface area contributed by atoms with Crippen LogP contribution in [0.4, 0.5) is 13.2 Å². The van der Waals surface area contributed by atoms with Crippen molar-refractivity contribution in [2.24, 2.45) is 11.8 Å². The van der Waals surface area contributed by atoms with Crippen molar-refractivity contribution >= 4 is 17.0 Å². The van der Waals surface area contributed by atoms with Crippen molar-refractivity contribution in [1.29, 1.82) is 0 Å². The lowest BCUT2D eigenvalue weighted by Gasteiger charge is -2.32. The van der Waals surface area contributed by atoms with Crippen molar-refractivity contribution in [3.05, 3.63) is 23.0 Å². The van der Waals surface area contributed by atoms with Crippen LogP contribution in [0.1, 0.15) is 68.8 Å². The van der Waals surface area contributed by atoms with Gasteiger partial charge in [0.2, 0.25) is 5.91 Å². The minimum Gasteiger partial charge on any atom is -0.342 e. The lowest BCUT2D eigenvalue weighted by atomic mass is 9.91. The van der Waals surface area contributed by atoms with E-state index in [2.05, 4.69) is 10.1 Å². The Balaban J connectivity index is 1.71. The number of alkyl halides is 3. The Hall–Kier alpha value is -2.12. The second-order valence-corrected chi connectivity index (χ2v) is 8.44. The van der Waals surface area contributed by atoms with Gasteiger partial charge in [-0.25, -0.2) is 4.98 Å². The number of halogens is 3. The Morgan fingerprint density at radius 1 is 1.36 bits per heavy atom. The Bertz CT molecular complexity index is 906.